The molecule has 0 saturated carbocycles. The first-order chi connectivity index (χ1) is 18.3. The molecule has 194 valence electrons. The van der Waals surface area contributed by atoms with Crippen molar-refractivity contribution < 1.29 is 9.18 Å². The molecule has 6 nitrogen and oxygen atoms in total. The van der Waals surface area contributed by atoms with Crippen LogP contribution in [0, 0.1) is 26.6 Å². The van der Waals surface area contributed by atoms with E-state index in [1.54, 1.807) is 18.3 Å². The third-order valence-corrected chi connectivity index (χ3v) is 7.35. The summed E-state index contributed by atoms with van der Waals surface area (Å²) in [5.41, 5.74) is 6.08. The predicted octanol–water partition coefficient (Wildman–Crippen LogP) is 5.94. The van der Waals surface area contributed by atoms with Crippen LogP contribution in [0.3, 0.4) is 0 Å². The van der Waals surface area contributed by atoms with Crippen molar-refractivity contribution in [1.29, 1.82) is 0 Å². The first kappa shape index (κ1) is 25.6. The summed E-state index contributed by atoms with van der Waals surface area (Å²) in [5.74, 6) is -0.375. The van der Waals surface area contributed by atoms with E-state index in [-0.39, 0.29) is 30.2 Å². The van der Waals surface area contributed by atoms with Gasteiger partial charge in [-0.15, -0.1) is 0 Å². The van der Waals surface area contributed by atoms with Crippen LogP contribution in [0.15, 0.2) is 79.0 Å². The van der Waals surface area contributed by atoms with Crippen molar-refractivity contribution in [3.05, 3.63) is 113 Å². The summed E-state index contributed by atoms with van der Waals surface area (Å²) >= 11 is 5.78. The lowest BCUT2D eigenvalue weighted by atomic mass is 9.96. The Labute approximate surface area is 227 Å². The number of hydrogen-bond donors (Lipinski definition) is 2. The average molecular weight is 528 g/mol. The number of aromatic nitrogens is 2. The van der Waals surface area contributed by atoms with Gasteiger partial charge in [-0.3, -0.25) is 9.78 Å². The molecule has 3 heterocycles. The zero-order chi connectivity index (χ0) is 26.8. The third kappa shape index (κ3) is 5.04. The van der Waals surface area contributed by atoms with Crippen LogP contribution in [-0.2, 0) is 4.79 Å². The number of carbonyl (C=O) groups is 1. The number of nitrogens with one attached hydrogen (secondary N) is 2. The SMILES string of the molecule is Cc1ccc(NC(=O)CCN2C(=S)N[C@@H](c3ccccn3)[C@H]2c2cc(C)n(-c3ccccc3F)c2C)cc1. The van der Waals surface area contributed by atoms with E-state index in [1.807, 2.05) is 73.9 Å². The van der Waals surface area contributed by atoms with Crippen molar-refractivity contribution in [2.45, 2.75) is 39.3 Å². The minimum atomic E-state index is -0.285. The number of halogens is 1. The molecule has 0 radical (unpaired) electrons. The number of hydrogen-bond acceptors (Lipinski definition) is 3. The zero-order valence-corrected chi connectivity index (χ0v) is 22.4. The molecule has 2 aromatic heterocycles. The van der Waals surface area contributed by atoms with E-state index in [0.717, 1.165) is 33.9 Å². The van der Waals surface area contributed by atoms with E-state index >= 15 is 0 Å². The number of pyridine rings is 1. The second kappa shape index (κ2) is 10.8. The molecule has 0 spiro atoms. The fourth-order valence-electron chi connectivity index (χ4n) is 5.16. The summed E-state index contributed by atoms with van der Waals surface area (Å²) in [6.45, 7) is 6.39. The molecule has 4 aromatic rings. The molecule has 1 aliphatic rings. The maximum absolute atomic E-state index is 14.8. The number of amides is 1. The number of benzene rings is 2. The van der Waals surface area contributed by atoms with Gasteiger partial charge < -0.3 is 20.1 Å². The lowest BCUT2D eigenvalue weighted by Crippen LogP contribution is -2.32. The molecule has 38 heavy (non-hydrogen) atoms. The lowest BCUT2D eigenvalue weighted by Gasteiger charge is -2.28. The van der Waals surface area contributed by atoms with Gasteiger partial charge in [0.1, 0.15) is 5.82 Å². The minimum absolute atomic E-state index is 0.0893. The Hall–Kier alpha value is -4.04. The average Bonchev–Trinajstić information content (AvgIpc) is 3.39. The number of thiocarbonyl (C=S) groups is 1. The number of rotatable bonds is 7. The minimum Gasteiger partial charge on any atom is -0.352 e. The summed E-state index contributed by atoms with van der Waals surface area (Å²) in [7, 11) is 0. The monoisotopic (exact) mass is 527 g/mol. The molecule has 0 bridgehead atoms. The Morgan fingerprint density at radius 1 is 1.05 bits per heavy atom. The summed E-state index contributed by atoms with van der Waals surface area (Å²) in [6, 6.07) is 21.9. The second-order valence-corrected chi connectivity index (χ2v) is 9.98. The predicted molar refractivity (Wildman–Crippen MR) is 152 cm³/mol. The number of anilines is 1. The van der Waals surface area contributed by atoms with E-state index < -0.39 is 0 Å². The molecule has 2 atom stereocenters. The first-order valence-corrected chi connectivity index (χ1v) is 13.0. The van der Waals surface area contributed by atoms with Crippen molar-refractivity contribution in [1.82, 2.24) is 19.8 Å². The van der Waals surface area contributed by atoms with Crippen LogP contribution in [0.2, 0.25) is 0 Å². The Balaban J connectivity index is 1.47. The van der Waals surface area contributed by atoms with E-state index in [9.17, 15) is 9.18 Å². The third-order valence-electron chi connectivity index (χ3n) is 7.00. The topological polar surface area (TPSA) is 62.2 Å². The molecular formula is C30H30FN5OS. The molecule has 5 rings (SSSR count). The molecule has 1 aliphatic heterocycles. The fourth-order valence-corrected chi connectivity index (χ4v) is 5.49. The molecule has 2 N–H and O–H groups in total. The van der Waals surface area contributed by atoms with Crippen LogP contribution in [0.1, 0.15) is 46.7 Å². The molecule has 1 amide bonds. The van der Waals surface area contributed by atoms with Gasteiger partial charge in [0.25, 0.3) is 0 Å². The highest BCUT2D eigenvalue weighted by Crippen LogP contribution is 2.41. The zero-order valence-electron chi connectivity index (χ0n) is 21.6. The van der Waals surface area contributed by atoms with Gasteiger partial charge >= 0.3 is 0 Å². The van der Waals surface area contributed by atoms with Crippen molar-refractivity contribution in [3.63, 3.8) is 0 Å². The number of carbonyl (C=O) groups excluding carboxylic acids is 1. The summed E-state index contributed by atoms with van der Waals surface area (Å²) in [5, 5.41) is 6.97. The molecule has 2 aromatic carbocycles. The van der Waals surface area contributed by atoms with E-state index in [4.69, 9.17) is 12.2 Å². The highest BCUT2D eigenvalue weighted by Gasteiger charge is 2.41. The van der Waals surface area contributed by atoms with Gasteiger partial charge in [0.05, 0.1) is 23.5 Å². The number of para-hydroxylation sites is 1. The van der Waals surface area contributed by atoms with E-state index in [2.05, 4.69) is 26.6 Å². The smallest absolute Gasteiger partial charge is 0.226 e. The van der Waals surface area contributed by atoms with E-state index in [0.29, 0.717) is 17.3 Å². The molecule has 0 aliphatic carbocycles. The van der Waals surface area contributed by atoms with Crippen molar-refractivity contribution in [2.75, 3.05) is 11.9 Å². The highest BCUT2D eigenvalue weighted by molar-refractivity contribution is 7.80. The van der Waals surface area contributed by atoms with Crippen LogP contribution >= 0.6 is 12.2 Å². The van der Waals surface area contributed by atoms with Gasteiger partial charge in [-0.05, 0) is 81.0 Å². The van der Waals surface area contributed by atoms with Crippen molar-refractivity contribution in [2.24, 2.45) is 0 Å². The van der Waals surface area contributed by atoms with Gasteiger partial charge in [0.15, 0.2) is 5.11 Å². The standard InChI is InChI=1S/C30H30FN5OS/c1-19-11-13-22(14-12-19)33-27(37)15-17-35-29(28(34-30(35)38)25-9-6-7-16-32-25)23-18-20(2)36(21(23)3)26-10-5-4-8-24(26)31/h4-14,16,18,28-29H,15,17H2,1-3H3,(H,33,37)(H,34,38)/t28-,29+/m0/s1. The van der Waals surface area contributed by atoms with Gasteiger partial charge in [0, 0.05) is 36.2 Å². The van der Waals surface area contributed by atoms with Crippen LogP contribution in [-0.4, -0.2) is 32.0 Å². The molecule has 1 fully saturated rings. The summed E-state index contributed by atoms with van der Waals surface area (Å²) in [6.07, 6.45) is 2.02. The van der Waals surface area contributed by atoms with Gasteiger partial charge in [-0.25, -0.2) is 4.39 Å². The van der Waals surface area contributed by atoms with Gasteiger partial charge in [-0.1, -0.05) is 35.9 Å². The Morgan fingerprint density at radius 3 is 2.50 bits per heavy atom. The normalized spacial score (nSPS) is 16.9. The summed E-state index contributed by atoms with van der Waals surface area (Å²) < 4.78 is 16.7. The second-order valence-electron chi connectivity index (χ2n) is 9.60. The highest BCUT2D eigenvalue weighted by atomic mass is 32.1. The molecule has 8 heteroatoms. The Morgan fingerprint density at radius 2 is 1.79 bits per heavy atom. The molecule has 0 unspecified atom stereocenters. The first-order valence-electron chi connectivity index (χ1n) is 12.6. The maximum Gasteiger partial charge on any atom is 0.226 e. The van der Waals surface area contributed by atoms with Crippen LogP contribution < -0.4 is 10.6 Å². The van der Waals surface area contributed by atoms with Crippen LogP contribution in [0.25, 0.3) is 5.69 Å². The molecular weight excluding hydrogens is 497 g/mol. The van der Waals surface area contributed by atoms with Crippen molar-refractivity contribution in [3.8, 4) is 5.69 Å². The fraction of sp³-hybridized carbons (Fsp3) is 0.233. The summed E-state index contributed by atoms with van der Waals surface area (Å²) in [4.78, 5) is 19.5. The van der Waals surface area contributed by atoms with Crippen molar-refractivity contribution >= 4 is 28.9 Å². The Bertz CT molecular complexity index is 1470. The lowest BCUT2D eigenvalue weighted by molar-refractivity contribution is -0.116. The van der Waals surface area contributed by atoms with Gasteiger partial charge in [0.2, 0.25) is 5.91 Å². The van der Waals surface area contributed by atoms with Crippen LogP contribution in [0.5, 0.6) is 0 Å². The van der Waals surface area contributed by atoms with Gasteiger partial charge in [-0.2, -0.15) is 0 Å². The van der Waals surface area contributed by atoms with E-state index in [1.165, 1.54) is 6.07 Å². The largest absolute Gasteiger partial charge is 0.352 e. The number of nitrogens with zero attached hydrogens (tertiary/aromatic N) is 3. The quantitative estimate of drug-likeness (QED) is 0.292. The number of aryl methyl sites for hydroxylation is 2. The Kier molecular flexibility index (Phi) is 7.24. The van der Waals surface area contributed by atoms with Crippen LogP contribution in [0.4, 0.5) is 10.1 Å². The maximum atomic E-state index is 14.8. The molecule has 1 saturated heterocycles.